The number of nitrogens with two attached hydrogens (primary N) is 1. The maximum absolute atomic E-state index is 12.6. The Hall–Kier alpha value is -1.72. The van der Waals surface area contributed by atoms with Crippen molar-refractivity contribution >= 4 is 5.97 Å². The topological polar surface area (TPSA) is 68.3 Å². The molecule has 1 aliphatic carbocycles. The third kappa shape index (κ3) is 3.55. The lowest BCUT2D eigenvalue weighted by atomic mass is 9.80. The van der Waals surface area contributed by atoms with E-state index in [1.165, 1.54) is 5.57 Å². The van der Waals surface area contributed by atoms with Crippen LogP contribution in [-0.2, 0) is 20.8 Å². The molecule has 4 rings (SSSR count). The second kappa shape index (κ2) is 7.12. The second-order valence-electron chi connectivity index (χ2n) is 8.20. The number of pyridine rings is 1. The molecule has 0 spiro atoms. The molecule has 3 aliphatic rings. The van der Waals surface area contributed by atoms with Crippen molar-refractivity contribution in [1.29, 1.82) is 0 Å². The van der Waals surface area contributed by atoms with Crippen molar-refractivity contribution in [2.75, 3.05) is 6.54 Å². The normalized spacial score (nSPS) is 38.5. The molecular weight excluding hydrogens is 328 g/mol. The fourth-order valence-corrected chi connectivity index (χ4v) is 4.54. The maximum Gasteiger partial charge on any atom is 0.315 e. The van der Waals surface area contributed by atoms with E-state index in [1.54, 1.807) is 0 Å². The van der Waals surface area contributed by atoms with Gasteiger partial charge in [-0.3, -0.25) is 9.78 Å². The SMILES string of the molecule is C/C1=C\CC[C@@]2(C)O[C@@H]2[C@H]2OC(=O)[C@@H](C[NH2+]Cc3ccccn3)[C@@H]2CC1. The van der Waals surface area contributed by atoms with Crippen molar-refractivity contribution in [2.24, 2.45) is 11.8 Å². The van der Waals surface area contributed by atoms with Crippen molar-refractivity contribution in [2.45, 2.75) is 63.9 Å². The summed E-state index contributed by atoms with van der Waals surface area (Å²) in [6.07, 6.45) is 8.23. The highest BCUT2D eigenvalue weighted by atomic mass is 16.6. The Labute approximate surface area is 155 Å². The van der Waals surface area contributed by atoms with Gasteiger partial charge in [-0.2, -0.15) is 0 Å². The minimum absolute atomic E-state index is 0.0454. The summed E-state index contributed by atoms with van der Waals surface area (Å²) in [6.45, 7) is 5.90. The molecule has 0 saturated carbocycles. The molecule has 5 nitrogen and oxygen atoms in total. The number of carbonyl (C=O) groups is 1. The average molecular weight is 357 g/mol. The van der Waals surface area contributed by atoms with Crippen molar-refractivity contribution < 1.29 is 19.6 Å². The molecule has 2 N–H and O–H groups in total. The number of allylic oxidation sites excluding steroid dienone is 2. The van der Waals surface area contributed by atoms with Gasteiger partial charge in [0.05, 0.1) is 17.8 Å². The van der Waals surface area contributed by atoms with E-state index in [2.05, 4.69) is 30.2 Å². The zero-order valence-electron chi connectivity index (χ0n) is 15.7. The summed E-state index contributed by atoms with van der Waals surface area (Å²) in [5.74, 6) is 0.149. The lowest BCUT2D eigenvalue weighted by molar-refractivity contribution is -0.675. The largest absolute Gasteiger partial charge is 0.459 e. The van der Waals surface area contributed by atoms with Gasteiger partial charge in [0, 0.05) is 12.1 Å². The fourth-order valence-electron chi connectivity index (χ4n) is 4.54. The predicted molar refractivity (Wildman–Crippen MR) is 97.1 cm³/mol. The highest BCUT2D eigenvalue weighted by Gasteiger charge is 2.62. The monoisotopic (exact) mass is 357 g/mol. The van der Waals surface area contributed by atoms with Crippen LogP contribution in [0, 0.1) is 11.8 Å². The Morgan fingerprint density at radius 1 is 1.38 bits per heavy atom. The molecule has 1 aromatic heterocycles. The molecule has 5 heteroatoms. The van der Waals surface area contributed by atoms with Crippen LogP contribution in [0.5, 0.6) is 0 Å². The van der Waals surface area contributed by atoms with Gasteiger partial charge in [-0.05, 0) is 51.7 Å². The number of carbonyl (C=O) groups excluding carboxylic acids is 1. The van der Waals surface area contributed by atoms with Gasteiger partial charge in [-0.25, -0.2) is 0 Å². The summed E-state index contributed by atoms with van der Waals surface area (Å²) in [4.78, 5) is 17.0. The van der Waals surface area contributed by atoms with Gasteiger partial charge < -0.3 is 14.8 Å². The molecule has 1 aromatic rings. The van der Waals surface area contributed by atoms with E-state index in [4.69, 9.17) is 9.47 Å². The van der Waals surface area contributed by atoms with Gasteiger partial charge in [0.25, 0.3) is 0 Å². The number of fused-ring (bicyclic) bond motifs is 3. The summed E-state index contributed by atoms with van der Waals surface area (Å²) in [7, 11) is 0. The van der Waals surface area contributed by atoms with E-state index in [0.29, 0.717) is 0 Å². The molecule has 0 aromatic carbocycles. The number of aromatic nitrogens is 1. The molecule has 5 atom stereocenters. The average Bonchev–Trinajstić information content (AvgIpc) is 3.20. The molecule has 26 heavy (non-hydrogen) atoms. The first-order valence-electron chi connectivity index (χ1n) is 9.82. The van der Waals surface area contributed by atoms with E-state index in [1.807, 2.05) is 24.4 Å². The van der Waals surface area contributed by atoms with Gasteiger partial charge in [-0.15, -0.1) is 0 Å². The molecular formula is C21H29N2O3+. The van der Waals surface area contributed by atoms with Crippen LogP contribution in [0.2, 0.25) is 0 Å². The van der Waals surface area contributed by atoms with E-state index in [-0.39, 0.29) is 35.6 Å². The molecule has 0 bridgehead atoms. The summed E-state index contributed by atoms with van der Waals surface area (Å²) >= 11 is 0. The van der Waals surface area contributed by atoms with Crippen molar-refractivity contribution in [3.63, 3.8) is 0 Å². The quantitative estimate of drug-likeness (QED) is 0.508. The zero-order chi connectivity index (χ0) is 18.1. The molecule has 0 amide bonds. The third-order valence-corrected chi connectivity index (χ3v) is 6.24. The van der Waals surface area contributed by atoms with E-state index < -0.39 is 0 Å². The van der Waals surface area contributed by atoms with Crippen LogP contribution in [0.1, 0.15) is 45.2 Å². The number of epoxide rings is 1. The summed E-state index contributed by atoms with van der Waals surface area (Å²) < 4.78 is 11.9. The molecule has 0 unspecified atom stereocenters. The van der Waals surface area contributed by atoms with Crippen LogP contribution >= 0.6 is 0 Å². The van der Waals surface area contributed by atoms with E-state index in [9.17, 15) is 4.79 Å². The molecule has 2 fully saturated rings. The first-order chi connectivity index (χ1) is 12.6. The van der Waals surface area contributed by atoms with Gasteiger partial charge in [0.2, 0.25) is 0 Å². The van der Waals surface area contributed by atoms with Crippen LogP contribution in [0.25, 0.3) is 0 Å². The minimum atomic E-state index is -0.121. The zero-order valence-corrected chi connectivity index (χ0v) is 15.7. The van der Waals surface area contributed by atoms with Gasteiger partial charge in [-0.1, -0.05) is 17.7 Å². The van der Waals surface area contributed by atoms with Crippen molar-refractivity contribution in [3.8, 4) is 0 Å². The first kappa shape index (κ1) is 17.7. The minimum Gasteiger partial charge on any atom is -0.459 e. The Morgan fingerprint density at radius 3 is 3.08 bits per heavy atom. The van der Waals surface area contributed by atoms with Crippen LogP contribution in [0.3, 0.4) is 0 Å². The Bertz CT molecular complexity index is 690. The fraction of sp³-hybridized carbons (Fsp3) is 0.619. The summed E-state index contributed by atoms with van der Waals surface area (Å²) in [6, 6.07) is 5.94. The van der Waals surface area contributed by atoms with Crippen LogP contribution in [0.4, 0.5) is 0 Å². The Kier molecular flexibility index (Phi) is 4.84. The lowest BCUT2D eigenvalue weighted by Crippen LogP contribution is -2.84. The Balaban J connectivity index is 1.44. The highest BCUT2D eigenvalue weighted by Crippen LogP contribution is 2.49. The van der Waals surface area contributed by atoms with Gasteiger partial charge >= 0.3 is 5.97 Å². The molecule has 3 heterocycles. The second-order valence-corrected chi connectivity index (χ2v) is 8.20. The van der Waals surface area contributed by atoms with Gasteiger partial charge in [0.1, 0.15) is 24.7 Å². The summed E-state index contributed by atoms with van der Waals surface area (Å²) in [5, 5.41) is 2.19. The van der Waals surface area contributed by atoms with Crippen molar-refractivity contribution in [1.82, 2.24) is 4.98 Å². The number of nitrogens with zero attached hydrogens (tertiary/aromatic N) is 1. The van der Waals surface area contributed by atoms with Crippen LogP contribution in [-0.4, -0.2) is 35.3 Å². The van der Waals surface area contributed by atoms with Gasteiger partial charge in [0.15, 0.2) is 0 Å². The molecule has 2 saturated heterocycles. The number of hydrogen-bond acceptors (Lipinski definition) is 4. The number of quaternary nitrogens is 1. The smallest absolute Gasteiger partial charge is 0.315 e. The predicted octanol–water partition coefficient (Wildman–Crippen LogP) is 1.98. The summed E-state index contributed by atoms with van der Waals surface area (Å²) in [5.41, 5.74) is 2.34. The molecule has 2 aliphatic heterocycles. The van der Waals surface area contributed by atoms with E-state index >= 15 is 0 Å². The van der Waals surface area contributed by atoms with Crippen molar-refractivity contribution in [3.05, 3.63) is 41.7 Å². The first-order valence-corrected chi connectivity index (χ1v) is 9.82. The van der Waals surface area contributed by atoms with E-state index in [0.717, 1.165) is 44.5 Å². The number of hydrogen-bond donors (Lipinski definition) is 1. The number of rotatable bonds is 4. The maximum atomic E-state index is 12.6. The number of ether oxygens (including phenoxy) is 2. The number of esters is 1. The highest BCUT2D eigenvalue weighted by molar-refractivity contribution is 5.75. The van der Waals surface area contributed by atoms with Crippen LogP contribution < -0.4 is 5.32 Å². The molecule has 0 radical (unpaired) electrons. The third-order valence-electron chi connectivity index (χ3n) is 6.24. The molecule has 140 valence electrons. The Morgan fingerprint density at radius 2 is 2.27 bits per heavy atom. The lowest BCUT2D eigenvalue weighted by Gasteiger charge is -2.21. The van der Waals surface area contributed by atoms with Crippen LogP contribution in [0.15, 0.2) is 36.0 Å². The standard InChI is InChI=1S/C21H28N2O3/c1-14-6-5-10-21(2)19(26-21)18-16(9-8-14)17(20(24)25-18)13-22-12-15-7-3-4-11-23-15/h3-4,6-7,11,16-19,22H,5,8-10,12-13H2,1-2H3/p+1/b14-6+/t16-,17-,18-,19+,21+/m0/s1.